The Morgan fingerprint density at radius 1 is 1.25 bits per heavy atom. The van der Waals surface area contributed by atoms with Crippen LogP contribution in [0.1, 0.15) is 29.1 Å². The van der Waals surface area contributed by atoms with E-state index in [-0.39, 0.29) is 6.04 Å². The minimum Gasteiger partial charge on any atom is -0.477 e. The first kappa shape index (κ1) is 14.6. The molecule has 1 aromatic heterocycles. The summed E-state index contributed by atoms with van der Waals surface area (Å²) in [5.41, 5.74) is 3.04. The Morgan fingerprint density at radius 3 is 2.35 bits per heavy atom. The van der Waals surface area contributed by atoms with Gasteiger partial charge in [-0.2, -0.15) is 0 Å². The van der Waals surface area contributed by atoms with Crippen molar-refractivity contribution in [2.75, 3.05) is 11.9 Å². The van der Waals surface area contributed by atoms with Gasteiger partial charge in [-0.15, -0.1) is 11.3 Å². The topological polar surface area (TPSA) is 40.5 Å². The largest absolute Gasteiger partial charge is 0.477 e. The van der Waals surface area contributed by atoms with Crippen LogP contribution in [0.3, 0.4) is 0 Å². The van der Waals surface area contributed by atoms with Gasteiger partial charge in [-0.1, -0.05) is 29.8 Å². The van der Waals surface area contributed by atoms with Crippen LogP contribution in [-0.4, -0.2) is 24.2 Å². The summed E-state index contributed by atoms with van der Waals surface area (Å²) >= 11 is 1.33. The average Bonchev–Trinajstić information content (AvgIpc) is 2.83. The summed E-state index contributed by atoms with van der Waals surface area (Å²) in [5, 5.41) is 9.38. The van der Waals surface area contributed by atoms with Gasteiger partial charge in [-0.25, -0.2) is 4.79 Å². The molecule has 0 atom stereocenters. The molecule has 106 valence electrons. The van der Waals surface area contributed by atoms with Crippen LogP contribution >= 0.6 is 11.3 Å². The third kappa shape index (κ3) is 2.85. The third-order valence-electron chi connectivity index (χ3n) is 3.40. The van der Waals surface area contributed by atoms with Gasteiger partial charge < -0.3 is 10.0 Å². The minimum absolute atomic E-state index is 0.258. The molecule has 1 N–H and O–H groups in total. The number of carboxylic acid groups (broad SMARTS) is 1. The smallest absolute Gasteiger partial charge is 0.348 e. The number of benzene rings is 1. The second-order valence-electron chi connectivity index (χ2n) is 5.20. The van der Waals surface area contributed by atoms with Crippen molar-refractivity contribution in [3.8, 4) is 10.4 Å². The van der Waals surface area contributed by atoms with Gasteiger partial charge >= 0.3 is 5.97 Å². The SMILES string of the molecule is Cc1ccc(-c2cc(N(C)C(C)C)c(C(=O)O)s2)cc1. The Kier molecular flexibility index (Phi) is 4.14. The predicted octanol–water partition coefficient (Wildman–Crippen LogP) is 4.27. The zero-order valence-electron chi connectivity index (χ0n) is 12.2. The van der Waals surface area contributed by atoms with Crippen molar-refractivity contribution in [3.05, 3.63) is 40.8 Å². The lowest BCUT2D eigenvalue weighted by Gasteiger charge is -2.23. The third-order valence-corrected chi connectivity index (χ3v) is 4.56. The number of hydrogen-bond donors (Lipinski definition) is 1. The van der Waals surface area contributed by atoms with Crippen LogP contribution < -0.4 is 4.90 Å². The molecule has 3 nitrogen and oxygen atoms in total. The maximum atomic E-state index is 11.4. The van der Waals surface area contributed by atoms with E-state index in [2.05, 4.69) is 13.8 Å². The number of hydrogen-bond acceptors (Lipinski definition) is 3. The predicted molar refractivity (Wildman–Crippen MR) is 85.0 cm³/mol. The Balaban J connectivity index is 2.49. The van der Waals surface area contributed by atoms with Crippen molar-refractivity contribution in [2.45, 2.75) is 26.8 Å². The summed E-state index contributed by atoms with van der Waals surface area (Å²) in [6, 6.07) is 10.4. The Bertz CT molecular complexity index is 614. The fourth-order valence-electron chi connectivity index (χ4n) is 1.93. The molecule has 0 bridgehead atoms. The average molecular weight is 289 g/mol. The van der Waals surface area contributed by atoms with E-state index in [0.29, 0.717) is 4.88 Å². The summed E-state index contributed by atoms with van der Waals surface area (Å²) in [4.78, 5) is 14.8. The van der Waals surface area contributed by atoms with Crippen LogP contribution in [0.2, 0.25) is 0 Å². The number of anilines is 1. The summed E-state index contributed by atoms with van der Waals surface area (Å²) < 4.78 is 0. The molecule has 0 saturated heterocycles. The van der Waals surface area contributed by atoms with E-state index >= 15 is 0 Å². The van der Waals surface area contributed by atoms with Crippen molar-refractivity contribution in [3.63, 3.8) is 0 Å². The molecule has 1 aromatic carbocycles. The number of carboxylic acids is 1. The lowest BCUT2D eigenvalue weighted by atomic mass is 10.1. The van der Waals surface area contributed by atoms with Crippen molar-refractivity contribution in [2.24, 2.45) is 0 Å². The van der Waals surface area contributed by atoms with Crippen LogP contribution in [0, 0.1) is 6.92 Å². The molecule has 0 radical (unpaired) electrons. The molecule has 0 aliphatic carbocycles. The van der Waals surface area contributed by atoms with Crippen LogP contribution in [0.5, 0.6) is 0 Å². The van der Waals surface area contributed by atoms with E-state index in [1.54, 1.807) is 0 Å². The molecule has 20 heavy (non-hydrogen) atoms. The Morgan fingerprint density at radius 2 is 1.85 bits per heavy atom. The zero-order valence-corrected chi connectivity index (χ0v) is 13.0. The lowest BCUT2D eigenvalue weighted by Crippen LogP contribution is -2.26. The molecular weight excluding hydrogens is 270 g/mol. The molecule has 0 fully saturated rings. The normalized spacial score (nSPS) is 10.8. The first-order chi connectivity index (χ1) is 9.40. The molecule has 2 rings (SSSR count). The van der Waals surface area contributed by atoms with Gasteiger partial charge in [0.05, 0.1) is 5.69 Å². The molecule has 0 saturated carbocycles. The summed E-state index contributed by atoms with van der Waals surface area (Å²) in [7, 11) is 1.93. The van der Waals surface area contributed by atoms with Gasteiger partial charge in [0.1, 0.15) is 4.88 Å². The molecular formula is C16H19NO2S. The van der Waals surface area contributed by atoms with Gasteiger partial charge in [0.25, 0.3) is 0 Å². The highest BCUT2D eigenvalue weighted by Crippen LogP contribution is 2.37. The van der Waals surface area contributed by atoms with Gasteiger partial charge in [0.15, 0.2) is 0 Å². The number of carbonyl (C=O) groups is 1. The van der Waals surface area contributed by atoms with Crippen LogP contribution in [-0.2, 0) is 0 Å². The molecule has 0 aliphatic rings. The molecule has 4 heteroatoms. The van der Waals surface area contributed by atoms with E-state index in [1.807, 2.05) is 49.2 Å². The van der Waals surface area contributed by atoms with E-state index in [9.17, 15) is 9.90 Å². The first-order valence-electron chi connectivity index (χ1n) is 6.57. The molecule has 0 aliphatic heterocycles. The highest BCUT2D eigenvalue weighted by molar-refractivity contribution is 7.18. The van der Waals surface area contributed by atoms with E-state index in [0.717, 1.165) is 16.1 Å². The molecule has 1 heterocycles. The summed E-state index contributed by atoms with van der Waals surface area (Å²) in [6.45, 7) is 6.14. The fourth-order valence-corrected chi connectivity index (χ4v) is 2.97. The first-order valence-corrected chi connectivity index (χ1v) is 7.38. The fraction of sp³-hybridized carbons (Fsp3) is 0.312. The van der Waals surface area contributed by atoms with Crippen LogP contribution in [0.15, 0.2) is 30.3 Å². The van der Waals surface area contributed by atoms with E-state index < -0.39 is 5.97 Å². The van der Waals surface area contributed by atoms with Gasteiger partial charge in [0, 0.05) is 18.0 Å². The van der Waals surface area contributed by atoms with Gasteiger partial charge in [-0.3, -0.25) is 0 Å². The standard InChI is InChI=1S/C16H19NO2S/c1-10(2)17(4)13-9-14(20-15(13)16(18)19)12-7-5-11(3)6-8-12/h5-10H,1-4H3,(H,18,19). The van der Waals surface area contributed by atoms with Crippen molar-refractivity contribution in [1.82, 2.24) is 0 Å². The number of aromatic carboxylic acids is 1. The number of rotatable bonds is 4. The lowest BCUT2D eigenvalue weighted by molar-refractivity contribution is 0.0703. The Hall–Kier alpha value is -1.81. The maximum absolute atomic E-state index is 11.4. The summed E-state index contributed by atoms with van der Waals surface area (Å²) in [6.07, 6.45) is 0. The molecule has 0 unspecified atom stereocenters. The van der Waals surface area contributed by atoms with Crippen molar-refractivity contribution >= 4 is 23.0 Å². The number of thiophene rings is 1. The zero-order chi connectivity index (χ0) is 14.9. The number of aryl methyl sites for hydroxylation is 1. The quantitative estimate of drug-likeness (QED) is 0.914. The van der Waals surface area contributed by atoms with E-state index in [4.69, 9.17) is 0 Å². The highest BCUT2D eigenvalue weighted by atomic mass is 32.1. The van der Waals surface area contributed by atoms with Crippen molar-refractivity contribution < 1.29 is 9.90 Å². The Labute approximate surface area is 123 Å². The second-order valence-corrected chi connectivity index (χ2v) is 6.25. The van der Waals surface area contributed by atoms with Crippen LogP contribution in [0.25, 0.3) is 10.4 Å². The minimum atomic E-state index is -0.865. The van der Waals surface area contributed by atoms with Crippen LogP contribution in [0.4, 0.5) is 5.69 Å². The van der Waals surface area contributed by atoms with Gasteiger partial charge in [0.2, 0.25) is 0 Å². The number of nitrogens with zero attached hydrogens (tertiary/aromatic N) is 1. The molecule has 0 amide bonds. The molecule has 2 aromatic rings. The monoisotopic (exact) mass is 289 g/mol. The second kappa shape index (κ2) is 5.67. The molecule has 0 spiro atoms. The maximum Gasteiger partial charge on any atom is 0.348 e. The van der Waals surface area contributed by atoms with Crippen molar-refractivity contribution in [1.29, 1.82) is 0 Å². The summed E-state index contributed by atoms with van der Waals surface area (Å²) in [5.74, 6) is -0.865. The van der Waals surface area contributed by atoms with Gasteiger partial charge in [-0.05, 0) is 32.4 Å². The van der Waals surface area contributed by atoms with E-state index in [1.165, 1.54) is 16.9 Å². The highest BCUT2D eigenvalue weighted by Gasteiger charge is 2.20.